The molecule has 10 heteroatoms. The highest BCUT2D eigenvalue weighted by Crippen LogP contribution is 2.30. The largest absolute Gasteiger partial charge is 0.433 e. The van der Waals surface area contributed by atoms with Crippen molar-refractivity contribution in [2.75, 3.05) is 19.6 Å². The van der Waals surface area contributed by atoms with Crippen molar-refractivity contribution in [1.29, 1.82) is 0 Å². The molecule has 1 amide bonds. The standard InChI is InChI=1S/C17H22F3N3O3S/c1-2-3-9-21-16(24)26-22-14-7-10-23(11-8-14)27(25)15-6-4-5-13(12-15)17(18,19)20/h4-6,12H,2-3,7-11H2,1H3,(H,21,24). The number of halogens is 3. The van der Waals surface area contributed by atoms with Crippen molar-refractivity contribution in [3.05, 3.63) is 29.8 Å². The summed E-state index contributed by atoms with van der Waals surface area (Å²) in [7, 11) is -1.69. The van der Waals surface area contributed by atoms with Crippen LogP contribution >= 0.6 is 0 Å². The lowest BCUT2D eigenvalue weighted by Crippen LogP contribution is -2.35. The molecule has 1 unspecified atom stereocenters. The highest BCUT2D eigenvalue weighted by atomic mass is 32.2. The number of unbranched alkanes of at least 4 members (excludes halogenated alkanes) is 1. The highest BCUT2D eigenvalue weighted by molar-refractivity contribution is 7.82. The number of oxime groups is 1. The molecule has 1 fully saturated rings. The van der Waals surface area contributed by atoms with E-state index in [2.05, 4.69) is 10.5 Å². The maximum atomic E-state index is 12.8. The minimum absolute atomic E-state index is 0.108. The van der Waals surface area contributed by atoms with E-state index in [-0.39, 0.29) is 4.90 Å². The molecule has 0 aliphatic carbocycles. The summed E-state index contributed by atoms with van der Waals surface area (Å²) in [6, 6.07) is 4.52. The van der Waals surface area contributed by atoms with E-state index in [1.165, 1.54) is 12.1 Å². The van der Waals surface area contributed by atoms with Gasteiger partial charge in [-0.2, -0.15) is 13.2 Å². The van der Waals surface area contributed by atoms with Gasteiger partial charge in [-0.25, -0.2) is 13.3 Å². The molecule has 2 rings (SSSR count). The summed E-state index contributed by atoms with van der Waals surface area (Å²) in [4.78, 5) is 16.3. The van der Waals surface area contributed by atoms with Gasteiger partial charge in [0.05, 0.1) is 16.2 Å². The van der Waals surface area contributed by atoms with Crippen LogP contribution in [0.15, 0.2) is 34.3 Å². The topological polar surface area (TPSA) is 71.0 Å². The van der Waals surface area contributed by atoms with Gasteiger partial charge in [-0.3, -0.25) is 4.84 Å². The summed E-state index contributed by atoms with van der Waals surface area (Å²) in [6.45, 7) is 3.22. The summed E-state index contributed by atoms with van der Waals surface area (Å²) < 4.78 is 52.5. The summed E-state index contributed by atoms with van der Waals surface area (Å²) >= 11 is 0. The van der Waals surface area contributed by atoms with Gasteiger partial charge in [0.25, 0.3) is 0 Å². The fourth-order valence-electron chi connectivity index (χ4n) is 2.44. The van der Waals surface area contributed by atoms with Crippen LogP contribution < -0.4 is 5.32 Å². The number of amides is 1. The van der Waals surface area contributed by atoms with Gasteiger partial charge >= 0.3 is 12.3 Å². The molecular formula is C17H22F3N3O3S. The van der Waals surface area contributed by atoms with Crippen LogP contribution in [0.2, 0.25) is 0 Å². The zero-order chi connectivity index (χ0) is 19.9. The van der Waals surface area contributed by atoms with Gasteiger partial charge in [-0.1, -0.05) is 24.6 Å². The summed E-state index contributed by atoms with van der Waals surface area (Å²) in [5, 5.41) is 6.37. The van der Waals surface area contributed by atoms with Crippen LogP contribution in [0.4, 0.5) is 18.0 Å². The quantitative estimate of drug-likeness (QED) is 0.446. The number of nitrogens with one attached hydrogen (secondary N) is 1. The van der Waals surface area contributed by atoms with E-state index < -0.39 is 28.8 Å². The lowest BCUT2D eigenvalue weighted by molar-refractivity contribution is -0.137. The number of alkyl halides is 3. The Kier molecular flexibility index (Phi) is 7.78. The van der Waals surface area contributed by atoms with Crippen molar-refractivity contribution in [1.82, 2.24) is 9.62 Å². The zero-order valence-electron chi connectivity index (χ0n) is 14.9. The molecule has 150 valence electrons. The van der Waals surface area contributed by atoms with E-state index in [4.69, 9.17) is 4.84 Å². The number of hydrogen-bond acceptors (Lipinski definition) is 4. The van der Waals surface area contributed by atoms with E-state index in [0.717, 1.165) is 25.0 Å². The van der Waals surface area contributed by atoms with Gasteiger partial charge in [-0.15, -0.1) is 0 Å². The Morgan fingerprint density at radius 2 is 2.04 bits per heavy atom. The van der Waals surface area contributed by atoms with E-state index >= 15 is 0 Å². The maximum absolute atomic E-state index is 12.8. The van der Waals surface area contributed by atoms with Gasteiger partial charge in [0, 0.05) is 32.5 Å². The van der Waals surface area contributed by atoms with Crippen LogP contribution in [-0.4, -0.2) is 40.0 Å². The van der Waals surface area contributed by atoms with E-state index in [0.29, 0.717) is 38.2 Å². The van der Waals surface area contributed by atoms with Crippen molar-refractivity contribution in [3.8, 4) is 0 Å². The second-order valence-corrected chi connectivity index (χ2v) is 7.51. The van der Waals surface area contributed by atoms with Crippen LogP contribution in [0.1, 0.15) is 38.2 Å². The fourth-order valence-corrected chi connectivity index (χ4v) is 3.67. The molecule has 1 aliphatic rings. The molecule has 1 N–H and O–H groups in total. The van der Waals surface area contributed by atoms with Crippen molar-refractivity contribution >= 4 is 22.8 Å². The first-order valence-electron chi connectivity index (χ1n) is 8.66. The lowest BCUT2D eigenvalue weighted by Gasteiger charge is -2.26. The van der Waals surface area contributed by atoms with Crippen LogP contribution in [0.5, 0.6) is 0 Å². The Morgan fingerprint density at radius 1 is 1.33 bits per heavy atom. The van der Waals surface area contributed by atoms with Gasteiger partial charge in [0.2, 0.25) is 0 Å². The zero-order valence-corrected chi connectivity index (χ0v) is 15.7. The minimum Gasteiger partial charge on any atom is -0.320 e. The summed E-state index contributed by atoms with van der Waals surface area (Å²) in [6.07, 6.45) is -2.45. The molecular weight excluding hydrogens is 383 g/mol. The van der Waals surface area contributed by atoms with E-state index in [1.807, 2.05) is 6.92 Å². The monoisotopic (exact) mass is 405 g/mol. The second-order valence-electron chi connectivity index (χ2n) is 6.02. The first kappa shape index (κ1) is 21.4. The molecule has 0 spiro atoms. The van der Waals surface area contributed by atoms with Gasteiger partial charge < -0.3 is 5.32 Å². The smallest absolute Gasteiger partial charge is 0.320 e. The molecule has 27 heavy (non-hydrogen) atoms. The number of carbonyl (C=O) groups is 1. The molecule has 1 aromatic carbocycles. The Hall–Kier alpha value is -1.94. The molecule has 0 aromatic heterocycles. The molecule has 0 radical (unpaired) electrons. The average molecular weight is 405 g/mol. The first-order chi connectivity index (χ1) is 12.8. The molecule has 1 heterocycles. The van der Waals surface area contributed by atoms with Gasteiger partial charge in [-0.05, 0) is 24.6 Å². The van der Waals surface area contributed by atoms with Gasteiger partial charge in [0.15, 0.2) is 0 Å². The van der Waals surface area contributed by atoms with Crippen molar-refractivity contribution in [3.63, 3.8) is 0 Å². The fraction of sp³-hybridized carbons (Fsp3) is 0.529. The minimum atomic E-state index is -4.48. The van der Waals surface area contributed by atoms with Crippen LogP contribution in [0, 0.1) is 0 Å². The molecule has 1 saturated heterocycles. The van der Waals surface area contributed by atoms with Crippen LogP contribution in [0.3, 0.4) is 0 Å². The second kappa shape index (κ2) is 9.84. The van der Waals surface area contributed by atoms with Crippen molar-refractivity contribution in [2.45, 2.75) is 43.7 Å². The lowest BCUT2D eigenvalue weighted by atomic mass is 10.1. The van der Waals surface area contributed by atoms with Crippen LogP contribution in [-0.2, 0) is 22.0 Å². The molecule has 0 bridgehead atoms. The van der Waals surface area contributed by atoms with Crippen molar-refractivity contribution < 1.29 is 27.0 Å². The number of rotatable bonds is 6. The maximum Gasteiger partial charge on any atom is 0.433 e. The third-order valence-electron chi connectivity index (χ3n) is 3.95. The van der Waals surface area contributed by atoms with Crippen molar-refractivity contribution in [2.24, 2.45) is 5.16 Å². The Bertz CT molecular complexity index is 700. The number of piperidine rings is 1. The predicted molar refractivity (Wildman–Crippen MR) is 95.5 cm³/mol. The SMILES string of the molecule is CCCCNC(=O)ON=C1CCN(S(=O)c2cccc(C(F)(F)F)c2)CC1. The average Bonchev–Trinajstić information content (AvgIpc) is 2.66. The number of hydrogen-bond donors (Lipinski definition) is 1. The van der Waals surface area contributed by atoms with Crippen LogP contribution in [0.25, 0.3) is 0 Å². The molecule has 6 nitrogen and oxygen atoms in total. The Balaban J connectivity index is 1.87. The highest BCUT2D eigenvalue weighted by Gasteiger charge is 2.31. The number of benzene rings is 1. The Labute approximate surface area is 158 Å². The number of carbonyl (C=O) groups excluding carboxylic acids is 1. The molecule has 1 aliphatic heterocycles. The molecule has 1 aromatic rings. The Morgan fingerprint density at radius 3 is 2.67 bits per heavy atom. The summed E-state index contributed by atoms with van der Waals surface area (Å²) in [5.74, 6) is 0. The molecule has 1 atom stereocenters. The van der Waals surface area contributed by atoms with E-state index in [9.17, 15) is 22.2 Å². The predicted octanol–water partition coefficient (Wildman–Crippen LogP) is 3.71. The van der Waals surface area contributed by atoms with Gasteiger partial charge in [0.1, 0.15) is 11.0 Å². The normalized spacial score (nSPS) is 16.7. The third-order valence-corrected chi connectivity index (χ3v) is 5.45. The first-order valence-corrected chi connectivity index (χ1v) is 9.76. The van der Waals surface area contributed by atoms with E-state index in [1.54, 1.807) is 4.31 Å². The number of nitrogens with zero attached hydrogens (tertiary/aromatic N) is 2. The molecule has 0 saturated carbocycles. The third kappa shape index (κ3) is 6.62. The summed E-state index contributed by atoms with van der Waals surface area (Å²) in [5.41, 5.74) is -0.173.